The number of Topliss-reactive ketones (excluding diaryl/α,β-unsaturated/α-hetero) is 1. The summed E-state index contributed by atoms with van der Waals surface area (Å²) >= 11 is 12.0. The molecule has 0 aliphatic heterocycles. The smallest absolute Gasteiger partial charge is 0.166 e. The van der Waals surface area contributed by atoms with Gasteiger partial charge in [-0.1, -0.05) is 23.2 Å². The Bertz CT molecular complexity index is 670. The second-order valence-electron chi connectivity index (χ2n) is 4.45. The van der Waals surface area contributed by atoms with E-state index in [2.05, 4.69) is 9.97 Å². The van der Waals surface area contributed by atoms with Gasteiger partial charge >= 0.3 is 0 Å². The fourth-order valence-electron chi connectivity index (χ4n) is 2.19. The van der Waals surface area contributed by atoms with Crippen LogP contribution in [0.15, 0.2) is 24.4 Å². The highest BCUT2D eigenvalue weighted by Gasteiger charge is 2.20. The van der Waals surface area contributed by atoms with Crippen molar-refractivity contribution in [1.82, 2.24) is 9.97 Å². The molecule has 3 nitrogen and oxygen atoms in total. The van der Waals surface area contributed by atoms with Crippen molar-refractivity contribution < 1.29 is 4.79 Å². The number of ketones is 1. The molecule has 5 heteroatoms. The molecule has 1 aromatic carbocycles. The highest BCUT2D eigenvalue weighted by atomic mass is 35.5. The molecule has 0 fully saturated rings. The standard InChI is InChI=1S/C14H10Cl2N2O/c15-8-4-5-9(11(16)6-8)14-17-7-10-12(18-14)2-1-3-13(10)19/h4-7H,1-3H2. The Balaban J connectivity index is 2.09. The Hall–Kier alpha value is -1.45. The van der Waals surface area contributed by atoms with Crippen LogP contribution in [0.5, 0.6) is 0 Å². The van der Waals surface area contributed by atoms with E-state index < -0.39 is 0 Å². The van der Waals surface area contributed by atoms with E-state index in [1.807, 2.05) is 0 Å². The molecule has 0 unspecified atom stereocenters. The summed E-state index contributed by atoms with van der Waals surface area (Å²) in [5.41, 5.74) is 2.18. The highest BCUT2D eigenvalue weighted by Crippen LogP contribution is 2.29. The minimum Gasteiger partial charge on any atom is -0.294 e. The minimum atomic E-state index is 0.120. The number of hydrogen-bond acceptors (Lipinski definition) is 3. The van der Waals surface area contributed by atoms with Gasteiger partial charge in [0.15, 0.2) is 11.6 Å². The van der Waals surface area contributed by atoms with Gasteiger partial charge in [0, 0.05) is 23.2 Å². The van der Waals surface area contributed by atoms with E-state index in [1.54, 1.807) is 24.4 Å². The van der Waals surface area contributed by atoms with E-state index >= 15 is 0 Å². The van der Waals surface area contributed by atoms with Crippen LogP contribution in [0.4, 0.5) is 0 Å². The summed E-state index contributed by atoms with van der Waals surface area (Å²) in [4.78, 5) is 20.4. The van der Waals surface area contributed by atoms with Crippen LogP contribution in [-0.2, 0) is 6.42 Å². The number of aryl methyl sites for hydroxylation is 1. The lowest BCUT2D eigenvalue weighted by Gasteiger charge is -2.14. The number of carbonyl (C=O) groups is 1. The molecule has 1 heterocycles. The Labute approximate surface area is 120 Å². The molecule has 0 amide bonds. The summed E-state index contributed by atoms with van der Waals surface area (Å²) in [6.45, 7) is 0. The van der Waals surface area contributed by atoms with Gasteiger partial charge in [0.25, 0.3) is 0 Å². The largest absolute Gasteiger partial charge is 0.294 e. The zero-order valence-corrected chi connectivity index (χ0v) is 11.5. The molecule has 19 heavy (non-hydrogen) atoms. The molecule has 3 rings (SSSR count). The zero-order valence-electron chi connectivity index (χ0n) is 9.99. The zero-order chi connectivity index (χ0) is 13.4. The third kappa shape index (κ3) is 2.36. The van der Waals surface area contributed by atoms with Crippen LogP contribution in [0.3, 0.4) is 0 Å². The van der Waals surface area contributed by atoms with Gasteiger partial charge in [0.05, 0.1) is 16.3 Å². The Morgan fingerprint density at radius 1 is 1.11 bits per heavy atom. The van der Waals surface area contributed by atoms with Gasteiger partial charge < -0.3 is 0 Å². The molecule has 0 saturated carbocycles. The van der Waals surface area contributed by atoms with Crippen molar-refractivity contribution in [2.75, 3.05) is 0 Å². The Morgan fingerprint density at radius 3 is 2.74 bits per heavy atom. The third-order valence-electron chi connectivity index (χ3n) is 3.16. The Morgan fingerprint density at radius 2 is 1.95 bits per heavy atom. The predicted molar refractivity (Wildman–Crippen MR) is 74.8 cm³/mol. The average molecular weight is 293 g/mol. The van der Waals surface area contributed by atoms with E-state index in [-0.39, 0.29) is 5.78 Å². The van der Waals surface area contributed by atoms with Gasteiger partial charge in [-0.2, -0.15) is 0 Å². The monoisotopic (exact) mass is 292 g/mol. The second-order valence-corrected chi connectivity index (χ2v) is 5.30. The molecule has 2 aromatic rings. The maximum Gasteiger partial charge on any atom is 0.166 e. The first-order valence-electron chi connectivity index (χ1n) is 5.99. The van der Waals surface area contributed by atoms with E-state index in [4.69, 9.17) is 23.2 Å². The Kier molecular flexibility index (Phi) is 3.25. The number of rotatable bonds is 1. The lowest BCUT2D eigenvalue weighted by Crippen LogP contribution is -2.13. The van der Waals surface area contributed by atoms with Gasteiger partial charge in [0.1, 0.15) is 0 Å². The third-order valence-corrected chi connectivity index (χ3v) is 3.71. The molecule has 0 bridgehead atoms. The van der Waals surface area contributed by atoms with E-state index in [1.165, 1.54) is 0 Å². The van der Waals surface area contributed by atoms with Gasteiger partial charge in [-0.05, 0) is 31.0 Å². The van der Waals surface area contributed by atoms with Crippen LogP contribution in [0.2, 0.25) is 10.0 Å². The van der Waals surface area contributed by atoms with Crippen molar-refractivity contribution in [2.24, 2.45) is 0 Å². The molecular formula is C14H10Cl2N2O. The highest BCUT2D eigenvalue weighted by molar-refractivity contribution is 6.36. The van der Waals surface area contributed by atoms with Gasteiger partial charge in [-0.15, -0.1) is 0 Å². The van der Waals surface area contributed by atoms with Crippen molar-refractivity contribution in [1.29, 1.82) is 0 Å². The van der Waals surface area contributed by atoms with Crippen LogP contribution < -0.4 is 0 Å². The minimum absolute atomic E-state index is 0.120. The van der Waals surface area contributed by atoms with E-state index in [9.17, 15) is 4.79 Å². The summed E-state index contributed by atoms with van der Waals surface area (Å²) in [5, 5.41) is 1.08. The first kappa shape index (κ1) is 12.6. The number of carbonyl (C=O) groups excluding carboxylic acids is 1. The number of aromatic nitrogens is 2. The maximum atomic E-state index is 11.7. The molecule has 0 saturated heterocycles. The SMILES string of the molecule is O=C1CCCc2nc(-c3ccc(Cl)cc3Cl)ncc21. The summed E-state index contributed by atoms with van der Waals surface area (Å²) in [7, 11) is 0. The summed E-state index contributed by atoms with van der Waals surface area (Å²) in [6, 6.07) is 5.19. The number of fused-ring (bicyclic) bond motifs is 1. The fraction of sp³-hybridized carbons (Fsp3) is 0.214. The topological polar surface area (TPSA) is 42.9 Å². The van der Waals surface area contributed by atoms with Crippen LogP contribution in [0.1, 0.15) is 28.9 Å². The summed E-state index contributed by atoms with van der Waals surface area (Å²) < 4.78 is 0. The predicted octanol–water partition coefficient (Wildman–Crippen LogP) is 3.97. The second kappa shape index (κ2) is 4.91. The van der Waals surface area contributed by atoms with E-state index in [0.29, 0.717) is 27.9 Å². The number of halogens is 2. The lowest BCUT2D eigenvalue weighted by atomic mass is 9.96. The van der Waals surface area contributed by atoms with Crippen LogP contribution in [-0.4, -0.2) is 15.8 Å². The van der Waals surface area contributed by atoms with Crippen molar-refractivity contribution in [2.45, 2.75) is 19.3 Å². The number of benzene rings is 1. The van der Waals surface area contributed by atoms with Crippen LogP contribution in [0, 0.1) is 0 Å². The molecule has 0 atom stereocenters. The van der Waals surface area contributed by atoms with E-state index in [0.717, 1.165) is 24.1 Å². The maximum absolute atomic E-state index is 11.7. The molecule has 1 aliphatic carbocycles. The molecule has 0 radical (unpaired) electrons. The van der Waals surface area contributed by atoms with Crippen molar-refractivity contribution in [3.63, 3.8) is 0 Å². The van der Waals surface area contributed by atoms with Crippen molar-refractivity contribution >= 4 is 29.0 Å². The molecule has 0 spiro atoms. The van der Waals surface area contributed by atoms with Gasteiger partial charge in [-0.3, -0.25) is 4.79 Å². The first-order chi connectivity index (χ1) is 9.15. The van der Waals surface area contributed by atoms with Crippen molar-refractivity contribution in [3.05, 3.63) is 45.7 Å². The molecule has 0 N–H and O–H groups in total. The van der Waals surface area contributed by atoms with Gasteiger partial charge in [-0.25, -0.2) is 9.97 Å². The van der Waals surface area contributed by atoms with Gasteiger partial charge in [0.2, 0.25) is 0 Å². The fourth-order valence-corrected chi connectivity index (χ4v) is 2.69. The normalized spacial score (nSPS) is 14.3. The number of hydrogen-bond donors (Lipinski definition) is 0. The van der Waals surface area contributed by atoms with Crippen LogP contribution in [0.25, 0.3) is 11.4 Å². The van der Waals surface area contributed by atoms with Crippen LogP contribution >= 0.6 is 23.2 Å². The number of nitrogens with zero attached hydrogens (tertiary/aromatic N) is 2. The van der Waals surface area contributed by atoms with Crippen molar-refractivity contribution in [3.8, 4) is 11.4 Å². The molecule has 1 aromatic heterocycles. The average Bonchev–Trinajstić information content (AvgIpc) is 2.38. The summed E-state index contributed by atoms with van der Waals surface area (Å²) in [6.07, 6.45) is 3.83. The summed E-state index contributed by atoms with van der Waals surface area (Å²) in [5.74, 6) is 0.658. The lowest BCUT2D eigenvalue weighted by molar-refractivity contribution is 0.0971. The first-order valence-corrected chi connectivity index (χ1v) is 6.75. The molecule has 96 valence electrons. The quantitative estimate of drug-likeness (QED) is 0.799. The molecular weight excluding hydrogens is 283 g/mol. The molecule has 1 aliphatic rings.